The first kappa shape index (κ1) is 13.6. The molecule has 0 amide bonds. The van der Waals surface area contributed by atoms with Gasteiger partial charge in [0.2, 0.25) is 0 Å². The number of aromatic nitrogens is 2. The Kier molecular flexibility index (Phi) is 4.07. The van der Waals surface area contributed by atoms with Gasteiger partial charge in [-0.1, -0.05) is 6.92 Å². The summed E-state index contributed by atoms with van der Waals surface area (Å²) in [7, 11) is 2.03. The lowest BCUT2D eigenvalue weighted by Crippen LogP contribution is -2.41. The van der Waals surface area contributed by atoms with Crippen LogP contribution >= 0.6 is 0 Å². The van der Waals surface area contributed by atoms with Crippen LogP contribution in [0.15, 0.2) is 6.07 Å². The molecule has 4 heteroatoms. The molecule has 1 saturated heterocycles. The molecule has 4 nitrogen and oxygen atoms in total. The first-order chi connectivity index (χ1) is 8.57. The Labute approximate surface area is 110 Å². The monoisotopic (exact) mass is 251 g/mol. The van der Waals surface area contributed by atoms with E-state index in [1.807, 2.05) is 11.7 Å². The van der Waals surface area contributed by atoms with Crippen molar-refractivity contribution in [2.24, 2.45) is 12.5 Å². The minimum Gasteiger partial charge on any atom is -0.378 e. The predicted molar refractivity (Wildman–Crippen MR) is 72.7 cm³/mol. The lowest BCUT2D eigenvalue weighted by atomic mass is 9.77. The molecule has 2 rings (SSSR count). The Bertz CT molecular complexity index is 402. The van der Waals surface area contributed by atoms with Gasteiger partial charge in [0, 0.05) is 31.3 Å². The quantitative estimate of drug-likeness (QED) is 0.865. The Hall–Kier alpha value is -0.870. The fourth-order valence-corrected chi connectivity index (χ4v) is 2.91. The summed E-state index contributed by atoms with van der Waals surface area (Å²) in [5, 5.41) is 7.94. The van der Waals surface area contributed by atoms with Crippen LogP contribution in [0.1, 0.15) is 31.7 Å². The third kappa shape index (κ3) is 2.59. The molecule has 2 atom stereocenters. The van der Waals surface area contributed by atoms with E-state index in [9.17, 15) is 0 Å². The number of rotatable bonds is 5. The van der Waals surface area contributed by atoms with Gasteiger partial charge in [-0.15, -0.1) is 0 Å². The van der Waals surface area contributed by atoms with Crippen molar-refractivity contribution in [3.63, 3.8) is 0 Å². The van der Waals surface area contributed by atoms with Gasteiger partial charge in [-0.25, -0.2) is 0 Å². The van der Waals surface area contributed by atoms with E-state index < -0.39 is 0 Å². The van der Waals surface area contributed by atoms with Gasteiger partial charge >= 0.3 is 0 Å². The average molecular weight is 251 g/mol. The molecular formula is C14H25N3O. The van der Waals surface area contributed by atoms with Crippen LogP contribution in [0.5, 0.6) is 0 Å². The molecule has 1 N–H and O–H groups in total. The van der Waals surface area contributed by atoms with E-state index in [0.29, 0.717) is 6.10 Å². The first-order valence-corrected chi connectivity index (χ1v) is 6.89. The Morgan fingerprint density at radius 2 is 2.39 bits per heavy atom. The molecular weight excluding hydrogens is 226 g/mol. The molecule has 102 valence electrons. The number of nitrogens with one attached hydrogen (secondary N) is 1. The maximum Gasteiger partial charge on any atom is 0.0619 e. The zero-order valence-electron chi connectivity index (χ0n) is 12.0. The lowest BCUT2D eigenvalue weighted by molar-refractivity contribution is 0.0624. The summed E-state index contributed by atoms with van der Waals surface area (Å²) in [6.45, 7) is 9.32. The van der Waals surface area contributed by atoms with Gasteiger partial charge in [-0.05, 0) is 39.3 Å². The molecule has 0 aliphatic carbocycles. The lowest BCUT2D eigenvalue weighted by Gasteiger charge is -2.32. The summed E-state index contributed by atoms with van der Waals surface area (Å²) in [6, 6.07) is 2.19. The number of ether oxygens (including phenoxy) is 1. The van der Waals surface area contributed by atoms with Gasteiger partial charge in [0.05, 0.1) is 11.8 Å². The van der Waals surface area contributed by atoms with Crippen LogP contribution in [0.4, 0.5) is 0 Å². The van der Waals surface area contributed by atoms with Crippen molar-refractivity contribution in [2.75, 3.05) is 19.7 Å². The molecule has 1 aromatic heterocycles. The second-order valence-electron chi connectivity index (χ2n) is 5.48. The first-order valence-electron chi connectivity index (χ1n) is 6.89. The minimum atomic E-state index is 0.218. The van der Waals surface area contributed by atoms with Gasteiger partial charge in [0.25, 0.3) is 0 Å². The summed E-state index contributed by atoms with van der Waals surface area (Å²) >= 11 is 0. The molecule has 0 spiro atoms. The topological polar surface area (TPSA) is 39.1 Å². The van der Waals surface area contributed by atoms with Crippen LogP contribution < -0.4 is 5.32 Å². The summed E-state index contributed by atoms with van der Waals surface area (Å²) in [6.07, 6.45) is 2.48. The van der Waals surface area contributed by atoms with Crippen molar-refractivity contribution in [3.05, 3.63) is 17.5 Å². The van der Waals surface area contributed by atoms with E-state index >= 15 is 0 Å². The molecule has 1 fully saturated rings. The van der Waals surface area contributed by atoms with Crippen LogP contribution in [-0.2, 0) is 18.2 Å². The zero-order valence-corrected chi connectivity index (χ0v) is 12.0. The molecule has 1 aliphatic heterocycles. The van der Waals surface area contributed by atoms with Gasteiger partial charge < -0.3 is 10.1 Å². The predicted octanol–water partition coefficient (Wildman–Crippen LogP) is 1.68. The zero-order chi connectivity index (χ0) is 13.2. The minimum absolute atomic E-state index is 0.218. The van der Waals surface area contributed by atoms with E-state index in [-0.39, 0.29) is 5.41 Å². The highest BCUT2D eigenvalue weighted by Gasteiger charge is 2.41. The van der Waals surface area contributed by atoms with Crippen LogP contribution in [0.2, 0.25) is 0 Å². The molecule has 0 saturated carbocycles. The highest BCUT2D eigenvalue weighted by atomic mass is 16.5. The van der Waals surface area contributed by atoms with Crippen molar-refractivity contribution in [2.45, 2.75) is 39.7 Å². The van der Waals surface area contributed by atoms with Crippen molar-refractivity contribution in [3.8, 4) is 0 Å². The van der Waals surface area contributed by atoms with Crippen molar-refractivity contribution in [1.82, 2.24) is 15.1 Å². The summed E-state index contributed by atoms with van der Waals surface area (Å²) in [4.78, 5) is 0. The molecule has 0 radical (unpaired) electrons. The van der Waals surface area contributed by atoms with Crippen LogP contribution in [0.25, 0.3) is 0 Å². The van der Waals surface area contributed by atoms with Crippen LogP contribution in [-0.4, -0.2) is 35.6 Å². The smallest absolute Gasteiger partial charge is 0.0619 e. The molecule has 2 unspecified atom stereocenters. The fraction of sp³-hybridized carbons (Fsp3) is 0.786. The van der Waals surface area contributed by atoms with Crippen LogP contribution in [0.3, 0.4) is 0 Å². The Balaban J connectivity index is 2.17. The van der Waals surface area contributed by atoms with Crippen molar-refractivity contribution in [1.29, 1.82) is 0 Å². The highest BCUT2D eigenvalue weighted by molar-refractivity contribution is 5.12. The van der Waals surface area contributed by atoms with E-state index in [0.717, 1.165) is 38.2 Å². The van der Waals surface area contributed by atoms with Crippen molar-refractivity contribution >= 4 is 0 Å². The third-order valence-electron chi connectivity index (χ3n) is 4.19. The van der Waals surface area contributed by atoms with E-state index in [4.69, 9.17) is 4.74 Å². The van der Waals surface area contributed by atoms with E-state index in [2.05, 4.69) is 37.3 Å². The summed E-state index contributed by atoms with van der Waals surface area (Å²) in [5.41, 5.74) is 2.62. The van der Waals surface area contributed by atoms with Gasteiger partial charge in [0.15, 0.2) is 0 Å². The number of nitrogens with zero attached hydrogens (tertiary/aromatic N) is 2. The number of hydrogen-bond donors (Lipinski definition) is 1. The molecule has 2 heterocycles. The molecule has 18 heavy (non-hydrogen) atoms. The third-order valence-corrected chi connectivity index (χ3v) is 4.19. The van der Waals surface area contributed by atoms with Gasteiger partial charge in [0.1, 0.15) is 0 Å². The normalized spacial score (nSPS) is 27.9. The van der Waals surface area contributed by atoms with E-state index in [1.165, 1.54) is 5.69 Å². The Morgan fingerprint density at radius 1 is 1.61 bits per heavy atom. The number of aryl methyl sites for hydroxylation is 2. The SMILES string of the molecule is CCNCC1(Cc2cc(C)nn2C)CCOC1C. The summed E-state index contributed by atoms with van der Waals surface area (Å²) in [5.74, 6) is 0. The average Bonchev–Trinajstić information content (AvgIpc) is 2.82. The number of hydrogen-bond acceptors (Lipinski definition) is 3. The maximum absolute atomic E-state index is 5.82. The molecule has 1 aliphatic rings. The van der Waals surface area contributed by atoms with Crippen LogP contribution in [0, 0.1) is 12.3 Å². The van der Waals surface area contributed by atoms with Gasteiger partial charge in [-0.2, -0.15) is 5.10 Å². The molecule has 0 bridgehead atoms. The van der Waals surface area contributed by atoms with E-state index in [1.54, 1.807) is 0 Å². The maximum atomic E-state index is 5.82. The largest absolute Gasteiger partial charge is 0.378 e. The molecule has 0 aromatic carbocycles. The fourth-order valence-electron chi connectivity index (χ4n) is 2.91. The van der Waals surface area contributed by atoms with Gasteiger partial charge in [-0.3, -0.25) is 4.68 Å². The second-order valence-corrected chi connectivity index (χ2v) is 5.48. The second kappa shape index (κ2) is 5.41. The molecule has 1 aromatic rings. The standard InChI is InChI=1S/C14H25N3O/c1-5-15-10-14(6-7-18-12(14)3)9-13-8-11(2)16-17(13)4/h8,12,15H,5-7,9-10H2,1-4H3. The Morgan fingerprint density at radius 3 is 2.89 bits per heavy atom. The van der Waals surface area contributed by atoms with Crippen molar-refractivity contribution < 1.29 is 4.74 Å². The summed E-state index contributed by atoms with van der Waals surface area (Å²) < 4.78 is 7.82. The highest BCUT2D eigenvalue weighted by Crippen LogP contribution is 2.37.